The SMILES string of the molecule is CC.Cc1ccc2c(c1)CCOC2CN1CCNCC1. The van der Waals surface area contributed by atoms with E-state index in [-0.39, 0.29) is 6.10 Å². The predicted octanol–water partition coefficient (Wildman–Crippen LogP) is 2.54. The summed E-state index contributed by atoms with van der Waals surface area (Å²) in [4.78, 5) is 2.51. The van der Waals surface area contributed by atoms with Crippen LogP contribution in [0.25, 0.3) is 0 Å². The van der Waals surface area contributed by atoms with Crippen molar-refractivity contribution in [2.75, 3.05) is 39.3 Å². The lowest BCUT2D eigenvalue weighted by molar-refractivity contribution is 0.0136. The molecule has 0 radical (unpaired) electrons. The molecule has 2 aliphatic heterocycles. The van der Waals surface area contributed by atoms with Crippen LogP contribution in [0.1, 0.15) is 36.6 Å². The normalized spacial score (nSPS) is 22.6. The number of fused-ring (bicyclic) bond motifs is 1. The van der Waals surface area contributed by atoms with Crippen molar-refractivity contribution in [3.63, 3.8) is 0 Å². The van der Waals surface area contributed by atoms with Crippen molar-refractivity contribution in [2.24, 2.45) is 0 Å². The minimum atomic E-state index is 0.271. The Kier molecular flexibility index (Phi) is 6.02. The maximum Gasteiger partial charge on any atom is 0.0954 e. The Morgan fingerprint density at radius 2 is 2.00 bits per heavy atom. The molecule has 0 spiro atoms. The van der Waals surface area contributed by atoms with E-state index in [4.69, 9.17) is 4.74 Å². The first-order chi connectivity index (χ1) is 9.83. The minimum Gasteiger partial charge on any atom is -0.372 e. The Balaban J connectivity index is 0.000000704. The Morgan fingerprint density at radius 1 is 1.25 bits per heavy atom. The van der Waals surface area contributed by atoms with Gasteiger partial charge in [-0.3, -0.25) is 4.90 Å². The molecule has 0 aliphatic carbocycles. The summed E-state index contributed by atoms with van der Waals surface area (Å²) in [5.41, 5.74) is 4.25. The Bertz CT molecular complexity index is 413. The van der Waals surface area contributed by atoms with E-state index in [1.165, 1.54) is 16.7 Å². The monoisotopic (exact) mass is 276 g/mol. The van der Waals surface area contributed by atoms with E-state index in [0.29, 0.717) is 0 Å². The first-order valence-corrected chi connectivity index (χ1v) is 7.97. The number of benzene rings is 1. The molecule has 0 amide bonds. The molecule has 1 aromatic carbocycles. The average molecular weight is 276 g/mol. The third-order valence-electron chi connectivity index (χ3n) is 3.97. The lowest BCUT2D eigenvalue weighted by Crippen LogP contribution is -2.45. The van der Waals surface area contributed by atoms with Crippen molar-refractivity contribution in [1.82, 2.24) is 10.2 Å². The molecule has 2 aliphatic rings. The Labute approximate surface area is 123 Å². The van der Waals surface area contributed by atoms with Crippen LogP contribution in [0.3, 0.4) is 0 Å². The molecule has 0 bridgehead atoms. The number of piperazine rings is 1. The third-order valence-corrected chi connectivity index (χ3v) is 3.97. The Hall–Kier alpha value is -0.900. The Morgan fingerprint density at radius 3 is 2.75 bits per heavy atom. The zero-order chi connectivity index (χ0) is 14.4. The molecule has 2 heterocycles. The van der Waals surface area contributed by atoms with Crippen molar-refractivity contribution < 1.29 is 4.74 Å². The van der Waals surface area contributed by atoms with Gasteiger partial charge in [-0.05, 0) is 24.5 Å². The number of rotatable bonds is 2. The van der Waals surface area contributed by atoms with Gasteiger partial charge in [0.05, 0.1) is 12.7 Å². The molecule has 1 unspecified atom stereocenters. The summed E-state index contributed by atoms with van der Waals surface area (Å²) in [6, 6.07) is 6.79. The number of hydrogen-bond donors (Lipinski definition) is 1. The van der Waals surface area contributed by atoms with Crippen molar-refractivity contribution in [2.45, 2.75) is 33.3 Å². The van der Waals surface area contributed by atoms with Crippen LogP contribution in [0.15, 0.2) is 18.2 Å². The van der Waals surface area contributed by atoms with Gasteiger partial charge in [0.1, 0.15) is 0 Å². The fourth-order valence-corrected chi connectivity index (χ4v) is 2.95. The van der Waals surface area contributed by atoms with Crippen LogP contribution in [-0.4, -0.2) is 44.2 Å². The van der Waals surface area contributed by atoms with E-state index >= 15 is 0 Å². The summed E-state index contributed by atoms with van der Waals surface area (Å²) >= 11 is 0. The van der Waals surface area contributed by atoms with Crippen LogP contribution in [-0.2, 0) is 11.2 Å². The van der Waals surface area contributed by atoms with Gasteiger partial charge in [0.2, 0.25) is 0 Å². The minimum absolute atomic E-state index is 0.271. The summed E-state index contributed by atoms with van der Waals surface area (Å²) < 4.78 is 5.98. The van der Waals surface area contributed by atoms with E-state index < -0.39 is 0 Å². The summed E-state index contributed by atoms with van der Waals surface area (Å²) in [5, 5.41) is 3.40. The van der Waals surface area contributed by atoms with Crippen LogP contribution in [0, 0.1) is 6.92 Å². The fraction of sp³-hybridized carbons (Fsp3) is 0.647. The molecule has 3 rings (SSSR count). The van der Waals surface area contributed by atoms with Gasteiger partial charge in [0.25, 0.3) is 0 Å². The highest BCUT2D eigenvalue weighted by Crippen LogP contribution is 2.28. The lowest BCUT2D eigenvalue weighted by atomic mass is 9.95. The van der Waals surface area contributed by atoms with Gasteiger partial charge < -0.3 is 10.1 Å². The first-order valence-electron chi connectivity index (χ1n) is 7.97. The van der Waals surface area contributed by atoms with Crippen LogP contribution >= 0.6 is 0 Å². The lowest BCUT2D eigenvalue weighted by Gasteiger charge is -2.33. The fourth-order valence-electron chi connectivity index (χ4n) is 2.95. The van der Waals surface area contributed by atoms with Gasteiger partial charge in [0, 0.05) is 32.7 Å². The molecule has 0 aromatic heterocycles. The molecule has 3 heteroatoms. The van der Waals surface area contributed by atoms with Gasteiger partial charge in [-0.25, -0.2) is 0 Å². The molecular formula is C17H28N2O. The highest BCUT2D eigenvalue weighted by Gasteiger charge is 2.23. The van der Waals surface area contributed by atoms with Crippen molar-refractivity contribution in [3.8, 4) is 0 Å². The van der Waals surface area contributed by atoms with Gasteiger partial charge in [0.15, 0.2) is 0 Å². The summed E-state index contributed by atoms with van der Waals surface area (Å²) in [6.07, 6.45) is 1.34. The van der Waals surface area contributed by atoms with E-state index in [9.17, 15) is 0 Å². The van der Waals surface area contributed by atoms with Crippen molar-refractivity contribution in [1.29, 1.82) is 0 Å². The first kappa shape index (κ1) is 15.5. The largest absolute Gasteiger partial charge is 0.372 e. The smallest absolute Gasteiger partial charge is 0.0954 e. The van der Waals surface area contributed by atoms with E-state index in [0.717, 1.165) is 45.8 Å². The third kappa shape index (κ3) is 3.81. The standard InChI is InChI=1S/C15H22N2O.C2H6/c1-12-2-3-14-13(10-12)4-9-18-15(14)11-17-7-5-16-6-8-17;1-2/h2-3,10,15-16H,4-9,11H2,1H3;1-2H3. The highest BCUT2D eigenvalue weighted by atomic mass is 16.5. The van der Waals surface area contributed by atoms with E-state index in [1.54, 1.807) is 0 Å². The molecule has 1 aromatic rings. The number of hydrogen-bond acceptors (Lipinski definition) is 3. The molecule has 1 saturated heterocycles. The second kappa shape index (κ2) is 7.77. The summed E-state index contributed by atoms with van der Waals surface area (Å²) in [5.74, 6) is 0. The van der Waals surface area contributed by atoms with Gasteiger partial charge >= 0.3 is 0 Å². The quantitative estimate of drug-likeness (QED) is 0.898. The summed E-state index contributed by atoms with van der Waals surface area (Å²) in [6.45, 7) is 12.6. The number of ether oxygens (including phenoxy) is 1. The van der Waals surface area contributed by atoms with Crippen LogP contribution in [0.5, 0.6) is 0 Å². The molecule has 0 saturated carbocycles. The second-order valence-electron chi connectivity index (χ2n) is 5.36. The van der Waals surface area contributed by atoms with Crippen LogP contribution in [0.2, 0.25) is 0 Å². The van der Waals surface area contributed by atoms with Gasteiger partial charge in [-0.2, -0.15) is 0 Å². The molecular weight excluding hydrogens is 248 g/mol. The average Bonchev–Trinajstić information content (AvgIpc) is 2.50. The van der Waals surface area contributed by atoms with Gasteiger partial charge in [-0.1, -0.05) is 37.6 Å². The molecule has 1 N–H and O–H groups in total. The summed E-state index contributed by atoms with van der Waals surface area (Å²) in [7, 11) is 0. The number of nitrogens with one attached hydrogen (secondary N) is 1. The van der Waals surface area contributed by atoms with Gasteiger partial charge in [-0.15, -0.1) is 0 Å². The van der Waals surface area contributed by atoms with Crippen molar-refractivity contribution >= 4 is 0 Å². The molecule has 20 heavy (non-hydrogen) atoms. The van der Waals surface area contributed by atoms with Crippen molar-refractivity contribution in [3.05, 3.63) is 34.9 Å². The predicted molar refractivity (Wildman–Crippen MR) is 84.2 cm³/mol. The number of aryl methyl sites for hydroxylation is 1. The topological polar surface area (TPSA) is 24.5 Å². The van der Waals surface area contributed by atoms with Crippen LogP contribution in [0.4, 0.5) is 0 Å². The maximum atomic E-state index is 5.98. The molecule has 3 nitrogen and oxygen atoms in total. The zero-order valence-corrected chi connectivity index (χ0v) is 13.1. The van der Waals surface area contributed by atoms with E-state index in [1.807, 2.05) is 13.8 Å². The molecule has 112 valence electrons. The highest BCUT2D eigenvalue weighted by molar-refractivity contribution is 5.34. The zero-order valence-electron chi connectivity index (χ0n) is 13.1. The second-order valence-corrected chi connectivity index (χ2v) is 5.36. The van der Waals surface area contributed by atoms with E-state index in [2.05, 4.69) is 35.3 Å². The van der Waals surface area contributed by atoms with Crippen LogP contribution < -0.4 is 5.32 Å². The molecule has 1 atom stereocenters. The number of nitrogens with zero attached hydrogens (tertiary/aromatic N) is 1. The molecule has 1 fully saturated rings. The maximum absolute atomic E-state index is 5.98.